The number of carbonyl (C=O) groups is 3. The number of ether oxygens (including phenoxy) is 1. The van der Waals surface area contributed by atoms with Gasteiger partial charge < -0.3 is 20.7 Å². The molecule has 0 saturated heterocycles. The summed E-state index contributed by atoms with van der Waals surface area (Å²) >= 11 is 7.50. The number of anilines is 2. The number of hydrogen-bond acceptors (Lipinski definition) is 5. The molecule has 0 radical (unpaired) electrons. The Morgan fingerprint density at radius 3 is 2.15 bits per heavy atom. The maximum absolute atomic E-state index is 13.2. The Hall–Kier alpha value is -4.53. The van der Waals surface area contributed by atoms with Gasteiger partial charge in [0.2, 0.25) is 5.91 Å². The summed E-state index contributed by atoms with van der Waals surface area (Å²) < 4.78 is 5.14. The van der Waals surface area contributed by atoms with E-state index in [4.69, 9.17) is 16.3 Å². The molecular weight excluding hydrogens is 558 g/mol. The highest BCUT2D eigenvalue weighted by Gasteiger charge is 2.17. The lowest BCUT2D eigenvalue weighted by molar-refractivity contribution is -0.115. The number of rotatable bonds is 10. The van der Waals surface area contributed by atoms with Crippen LogP contribution in [0.1, 0.15) is 22.8 Å². The van der Waals surface area contributed by atoms with Crippen LogP contribution in [0.2, 0.25) is 5.02 Å². The van der Waals surface area contributed by atoms with Gasteiger partial charge in [0.1, 0.15) is 11.4 Å². The average Bonchev–Trinajstić information content (AvgIpc) is 2.98. The van der Waals surface area contributed by atoms with Crippen LogP contribution >= 0.6 is 23.4 Å². The highest BCUT2D eigenvalue weighted by molar-refractivity contribution is 8.00. The summed E-state index contributed by atoms with van der Waals surface area (Å²) in [6.45, 7) is 1.82. The van der Waals surface area contributed by atoms with Crippen molar-refractivity contribution >= 4 is 58.5 Å². The van der Waals surface area contributed by atoms with Gasteiger partial charge in [-0.3, -0.25) is 14.4 Å². The number of thioether (sulfide) groups is 1. The molecule has 0 bridgehead atoms. The Labute approximate surface area is 248 Å². The molecule has 4 aromatic rings. The maximum Gasteiger partial charge on any atom is 0.272 e. The SMILES string of the molecule is COc1ccc(NC(=O)C(C)Sc2ccc(NC(=O)/C(=C/c3cccc(Cl)c3)NC(=O)c3ccccc3)cc2)cc1. The summed E-state index contributed by atoms with van der Waals surface area (Å²) in [6.07, 6.45) is 1.56. The lowest BCUT2D eigenvalue weighted by Gasteiger charge is -2.14. The molecule has 7 nitrogen and oxygen atoms in total. The zero-order valence-electron chi connectivity index (χ0n) is 22.4. The Morgan fingerprint density at radius 2 is 1.49 bits per heavy atom. The van der Waals surface area contributed by atoms with E-state index in [-0.39, 0.29) is 16.9 Å². The molecule has 0 aliphatic heterocycles. The molecule has 4 rings (SSSR count). The van der Waals surface area contributed by atoms with E-state index in [0.717, 1.165) is 4.90 Å². The van der Waals surface area contributed by atoms with Gasteiger partial charge in [0, 0.05) is 26.9 Å². The van der Waals surface area contributed by atoms with E-state index in [1.165, 1.54) is 11.8 Å². The molecule has 1 unspecified atom stereocenters. The minimum Gasteiger partial charge on any atom is -0.497 e. The minimum atomic E-state index is -0.498. The van der Waals surface area contributed by atoms with Gasteiger partial charge in [-0.2, -0.15) is 0 Å². The Bertz CT molecular complexity index is 1540. The van der Waals surface area contributed by atoms with E-state index in [1.54, 1.807) is 98.1 Å². The first-order valence-corrected chi connectivity index (χ1v) is 13.9. The first-order chi connectivity index (χ1) is 19.8. The number of nitrogens with one attached hydrogen (secondary N) is 3. The molecule has 0 heterocycles. The highest BCUT2D eigenvalue weighted by Crippen LogP contribution is 2.26. The van der Waals surface area contributed by atoms with E-state index in [9.17, 15) is 14.4 Å². The van der Waals surface area contributed by atoms with Gasteiger partial charge in [0.15, 0.2) is 0 Å². The number of carbonyl (C=O) groups excluding carboxylic acids is 3. The fraction of sp³-hybridized carbons (Fsp3) is 0.0938. The van der Waals surface area contributed by atoms with Gasteiger partial charge >= 0.3 is 0 Å². The van der Waals surface area contributed by atoms with Crippen LogP contribution in [0, 0.1) is 0 Å². The van der Waals surface area contributed by atoms with Gasteiger partial charge in [-0.1, -0.05) is 41.9 Å². The maximum atomic E-state index is 13.2. The average molecular weight is 586 g/mol. The van der Waals surface area contributed by atoms with E-state index < -0.39 is 11.8 Å². The van der Waals surface area contributed by atoms with E-state index in [2.05, 4.69) is 16.0 Å². The minimum absolute atomic E-state index is 0.0587. The van der Waals surface area contributed by atoms with Gasteiger partial charge in [0.25, 0.3) is 11.8 Å². The van der Waals surface area contributed by atoms with Crippen LogP contribution in [0.3, 0.4) is 0 Å². The van der Waals surface area contributed by atoms with E-state index in [1.807, 2.05) is 25.1 Å². The standard InChI is InChI=1S/C32H28ClN3O4S/c1-21(30(37)34-25-11-15-27(40-2)16-12-25)41-28-17-13-26(14-18-28)35-32(39)29(20-22-7-6-10-24(33)19-22)36-31(38)23-8-4-3-5-9-23/h3-21H,1-2H3,(H,34,37)(H,35,39)(H,36,38)/b29-20-. The van der Waals surface area contributed by atoms with Crippen molar-refractivity contribution in [1.29, 1.82) is 0 Å². The summed E-state index contributed by atoms with van der Waals surface area (Å²) in [4.78, 5) is 39.6. The monoisotopic (exact) mass is 585 g/mol. The number of halogens is 1. The summed E-state index contributed by atoms with van der Waals surface area (Å²) in [5.41, 5.74) is 2.35. The zero-order chi connectivity index (χ0) is 29.2. The fourth-order valence-corrected chi connectivity index (χ4v) is 4.76. The van der Waals surface area contributed by atoms with Crippen LogP contribution in [0.4, 0.5) is 11.4 Å². The molecule has 0 aliphatic rings. The predicted octanol–water partition coefficient (Wildman–Crippen LogP) is 6.88. The molecule has 0 fully saturated rings. The molecule has 208 valence electrons. The van der Waals surface area contributed by atoms with Crippen molar-refractivity contribution in [1.82, 2.24) is 5.32 Å². The lowest BCUT2D eigenvalue weighted by atomic mass is 10.1. The van der Waals surface area contributed by atoms with Crippen molar-refractivity contribution < 1.29 is 19.1 Å². The second kappa shape index (κ2) is 14.2. The van der Waals surface area contributed by atoms with Crippen LogP contribution in [0.5, 0.6) is 5.75 Å². The van der Waals surface area contributed by atoms with Crippen molar-refractivity contribution in [3.8, 4) is 5.75 Å². The molecule has 0 spiro atoms. The van der Waals surface area contributed by atoms with Crippen LogP contribution in [0.25, 0.3) is 6.08 Å². The van der Waals surface area contributed by atoms with E-state index in [0.29, 0.717) is 33.3 Å². The van der Waals surface area contributed by atoms with Crippen LogP contribution in [0.15, 0.2) is 114 Å². The molecule has 0 aliphatic carbocycles. The van der Waals surface area contributed by atoms with Crippen LogP contribution in [-0.2, 0) is 9.59 Å². The number of amides is 3. The lowest BCUT2D eigenvalue weighted by Crippen LogP contribution is -2.30. The first kappa shape index (κ1) is 29.5. The molecule has 3 amide bonds. The molecule has 41 heavy (non-hydrogen) atoms. The molecule has 0 saturated carbocycles. The fourth-order valence-electron chi connectivity index (χ4n) is 3.70. The molecule has 0 aromatic heterocycles. The summed E-state index contributed by atoms with van der Waals surface area (Å²) in [6, 6.07) is 29.8. The second-order valence-electron chi connectivity index (χ2n) is 8.89. The number of methoxy groups -OCH3 is 1. The molecule has 3 N–H and O–H groups in total. The number of hydrogen-bond donors (Lipinski definition) is 3. The first-order valence-electron chi connectivity index (χ1n) is 12.7. The summed E-state index contributed by atoms with van der Waals surface area (Å²) in [7, 11) is 1.59. The normalized spacial score (nSPS) is 11.7. The third-order valence-corrected chi connectivity index (χ3v) is 7.19. The Kier molecular flexibility index (Phi) is 10.2. The van der Waals surface area contributed by atoms with Gasteiger partial charge in [-0.05, 0) is 91.4 Å². The smallest absolute Gasteiger partial charge is 0.272 e. The zero-order valence-corrected chi connectivity index (χ0v) is 24.0. The van der Waals surface area contributed by atoms with Crippen molar-refractivity contribution in [2.45, 2.75) is 17.1 Å². The van der Waals surface area contributed by atoms with Gasteiger partial charge in [0.05, 0.1) is 12.4 Å². The molecule has 4 aromatic carbocycles. The predicted molar refractivity (Wildman–Crippen MR) is 165 cm³/mol. The quantitative estimate of drug-likeness (QED) is 0.139. The van der Waals surface area contributed by atoms with Crippen molar-refractivity contribution in [2.75, 3.05) is 17.7 Å². The summed E-state index contributed by atoms with van der Waals surface area (Å²) in [5.74, 6) is -0.338. The van der Waals surface area contributed by atoms with Crippen LogP contribution in [-0.4, -0.2) is 30.1 Å². The third kappa shape index (κ3) is 8.73. The molecule has 9 heteroatoms. The Morgan fingerprint density at radius 1 is 0.829 bits per heavy atom. The molecule has 1 atom stereocenters. The van der Waals surface area contributed by atoms with Crippen molar-refractivity contribution in [3.63, 3.8) is 0 Å². The van der Waals surface area contributed by atoms with Crippen LogP contribution < -0.4 is 20.7 Å². The number of benzene rings is 4. The van der Waals surface area contributed by atoms with Crippen molar-refractivity contribution in [2.24, 2.45) is 0 Å². The third-order valence-electron chi connectivity index (χ3n) is 5.84. The highest BCUT2D eigenvalue weighted by atomic mass is 35.5. The largest absolute Gasteiger partial charge is 0.497 e. The Balaban J connectivity index is 1.41. The van der Waals surface area contributed by atoms with E-state index >= 15 is 0 Å². The van der Waals surface area contributed by atoms with Gasteiger partial charge in [-0.15, -0.1) is 11.8 Å². The molecular formula is C32H28ClN3O4S. The topological polar surface area (TPSA) is 96.5 Å². The summed E-state index contributed by atoms with van der Waals surface area (Å²) in [5, 5.41) is 8.57. The van der Waals surface area contributed by atoms with Crippen molar-refractivity contribution in [3.05, 3.63) is 125 Å². The second-order valence-corrected chi connectivity index (χ2v) is 10.7. The van der Waals surface area contributed by atoms with Gasteiger partial charge in [-0.25, -0.2) is 0 Å².